The molecule has 0 unspecified atom stereocenters. The van der Waals surface area contributed by atoms with E-state index < -0.39 is 9.84 Å². The third-order valence-electron chi connectivity index (χ3n) is 3.48. The molecule has 1 aromatic heterocycles. The summed E-state index contributed by atoms with van der Waals surface area (Å²) in [5.74, 6) is 1.16. The van der Waals surface area contributed by atoms with Crippen LogP contribution in [0.2, 0.25) is 0 Å². The highest BCUT2D eigenvalue weighted by Gasteiger charge is 2.39. The second-order valence-corrected chi connectivity index (χ2v) is 8.38. The second kappa shape index (κ2) is 5.25. The first-order valence-corrected chi connectivity index (χ1v) is 9.31. The third kappa shape index (κ3) is 3.51. The van der Waals surface area contributed by atoms with Crippen LogP contribution >= 0.6 is 11.8 Å². The quantitative estimate of drug-likeness (QED) is 0.816. The van der Waals surface area contributed by atoms with Crippen LogP contribution in [0, 0.1) is 5.41 Å². The van der Waals surface area contributed by atoms with E-state index in [1.807, 2.05) is 6.20 Å². The topological polar surface area (TPSA) is 62.8 Å². The van der Waals surface area contributed by atoms with Gasteiger partial charge in [0.05, 0.1) is 5.75 Å². The first kappa shape index (κ1) is 13.9. The first-order valence-electron chi connectivity index (χ1n) is 6.27. The minimum Gasteiger partial charge on any atom is -0.337 e. The van der Waals surface area contributed by atoms with E-state index in [4.69, 9.17) is 0 Å². The maximum absolute atomic E-state index is 11.5. The number of rotatable bonds is 6. The number of H-pyrrole nitrogens is 1. The van der Waals surface area contributed by atoms with Crippen molar-refractivity contribution >= 4 is 21.6 Å². The average Bonchev–Trinajstić information content (AvgIpc) is 2.68. The van der Waals surface area contributed by atoms with Crippen LogP contribution in [-0.2, 0) is 16.3 Å². The molecule has 0 bridgehead atoms. The Morgan fingerprint density at radius 1 is 1.50 bits per heavy atom. The van der Waals surface area contributed by atoms with Crippen LogP contribution in [0.5, 0.6) is 0 Å². The predicted molar refractivity (Wildman–Crippen MR) is 74.7 cm³/mol. The molecule has 1 aromatic rings. The molecule has 0 amide bonds. The molecule has 2 rings (SSSR count). The van der Waals surface area contributed by atoms with Gasteiger partial charge in [-0.1, -0.05) is 25.1 Å². The number of hydrogen-bond donors (Lipinski definition) is 1. The number of aromatic amines is 1. The molecule has 102 valence electrons. The van der Waals surface area contributed by atoms with Crippen LogP contribution in [0.15, 0.2) is 11.4 Å². The second-order valence-electron chi connectivity index (χ2n) is 5.28. The van der Waals surface area contributed by atoms with Crippen molar-refractivity contribution in [3.63, 3.8) is 0 Å². The van der Waals surface area contributed by atoms with Crippen molar-refractivity contribution < 1.29 is 8.42 Å². The molecular formula is C12H20N2O2S2. The van der Waals surface area contributed by atoms with Gasteiger partial charge in [0.1, 0.15) is 9.84 Å². The van der Waals surface area contributed by atoms with E-state index in [2.05, 4.69) is 16.9 Å². The van der Waals surface area contributed by atoms with Crippen molar-refractivity contribution in [3.05, 3.63) is 11.9 Å². The number of aromatic nitrogens is 2. The van der Waals surface area contributed by atoms with Gasteiger partial charge in [0, 0.05) is 23.9 Å². The Bertz CT molecular complexity index is 504. The van der Waals surface area contributed by atoms with E-state index in [1.165, 1.54) is 6.26 Å². The number of thioether (sulfide) groups is 1. The number of nitrogens with one attached hydrogen (secondary N) is 1. The van der Waals surface area contributed by atoms with Gasteiger partial charge in [-0.3, -0.25) is 0 Å². The molecule has 1 saturated carbocycles. The van der Waals surface area contributed by atoms with Crippen molar-refractivity contribution in [1.29, 1.82) is 0 Å². The van der Waals surface area contributed by atoms with Crippen LogP contribution in [-0.4, -0.2) is 36.1 Å². The SMILES string of the molecule is CCc1cnc(SCC2(CS(C)(=O)=O)CCC2)[nH]1. The molecule has 1 heterocycles. The molecule has 0 spiro atoms. The lowest BCUT2D eigenvalue weighted by Gasteiger charge is -2.40. The Morgan fingerprint density at radius 2 is 2.22 bits per heavy atom. The molecule has 1 fully saturated rings. The Hall–Kier alpha value is -0.490. The molecule has 6 heteroatoms. The largest absolute Gasteiger partial charge is 0.337 e. The van der Waals surface area contributed by atoms with E-state index >= 15 is 0 Å². The van der Waals surface area contributed by atoms with Gasteiger partial charge in [-0.15, -0.1) is 0 Å². The zero-order valence-corrected chi connectivity index (χ0v) is 12.5. The van der Waals surface area contributed by atoms with E-state index in [0.717, 1.165) is 42.3 Å². The summed E-state index contributed by atoms with van der Waals surface area (Å²) in [7, 11) is -2.89. The van der Waals surface area contributed by atoms with Crippen LogP contribution in [0.3, 0.4) is 0 Å². The van der Waals surface area contributed by atoms with Gasteiger partial charge in [-0.05, 0) is 24.7 Å². The van der Waals surface area contributed by atoms with Crippen molar-refractivity contribution in [1.82, 2.24) is 9.97 Å². The zero-order chi connectivity index (χ0) is 13.2. The highest BCUT2D eigenvalue weighted by Crippen LogP contribution is 2.45. The Morgan fingerprint density at radius 3 is 2.67 bits per heavy atom. The first-order chi connectivity index (χ1) is 8.42. The van der Waals surface area contributed by atoms with Gasteiger partial charge in [-0.2, -0.15) is 0 Å². The summed E-state index contributed by atoms with van der Waals surface area (Å²) in [6, 6.07) is 0. The van der Waals surface area contributed by atoms with Crippen LogP contribution < -0.4 is 0 Å². The highest BCUT2D eigenvalue weighted by molar-refractivity contribution is 7.99. The Labute approximate surface area is 113 Å². The van der Waals surface area contributed by atoms with Gasteiger partial charge in [0.25, 0.3) is 0 Å². The average molecular weight is 288 g/mol. The summed E-state index contributed by atoms with van der Waals surface area (Å²) in [6.07, 6.45) is 7.32. The molecular weight excluding hydrogens is 268 g/mol. The Balaban J connectivity index is 1.95. The molecule has 1 aliphatic carbocycles. The summed E-state index contributed by atoms with van der Waals surface area (Å²) in [4.78, 5) is 7.55. The van der Waals surface area contributed by atoms with Crippen molar-refractivity contribution in [3.8, 4) is 0 Å². The predicted octanol–water partition coefficient (Wildman–Crippen LogP) is 2.28. The molecule has 0 atom stereocenters. The maximum atomic E-state index is 11.5. The number of imidazole rings is 1. The fraction of sp³-hybridized carbons (Fsp3) is 0.750. The van der Waals surface area contributed by atoms with E-state index in [0.29, 0.717) is 5.75 Å². The molecule has 4 nitrogen and oxygen atoms in total. The molecule has 0 aromatic carbocycles. The summed E-state index contributed by atoms with van der Waals surface area (Å²) >= 11 is 1.65. The fourth-order valence-corrected chi connectivity index (χ4v) is 5.17. The normalized spacial score (nSPS) is 18.6. The van der Waals surface area contributed by atoms with Crippen LogP contribution in [0.25, 0.3) is 0 Å². The van der Waals surface area contributed by atoms with E-state index in [-0.39, 0.29) is 5.41 Å². The summed E-state index contributed by atoms with van der Waals surface area (Å²) in [5.41, 5.74) is 1.11. The number of hydrogen-bond acceptors (Lipinski definition) is 4. The molecule has 0 aliphatic heterocycles. The molecule has 18 heavy (non-hydrogen) atoms. The third-order valence-corrected chi connectivity index (χ3v) is 5.86. The minimum absolute atomic E-state index is 0.0165. The maximum Gasteiger partial charge on any atom is 0.165 e. The van der Waals surface area contributed by atoms with Gasteiger partial charge >= 0.3 is 0 Å². The van der Waals surface area contributed by atoms with E-state index in [9.17, 15) is 8.42 Å². The fourth-order valence-electron chi connectivity index (χ4n) is 2.38. The van der Waals surface area contributed by atoms with Crippen molar-refractivity contribution in [2.75, 3.05) is 17.8 Å². The lowest BCUT2D eigenvalue weighted by atomic mass is 9.72. The number of nitrogens with zero attached hydrogens (tertiary/aromatic N) is 1. The molecule has 0 saturated heterocycles. The van der Waals surface area contributed by atoms with Gasteiger partial charge in [0.15, 0.2) is 5.16 Å². The minimum atomic E-state index is -2.89. The van der Waals surface area contributed by atoms with Gasteiger partial charge in [0.2, 0.25) is 0 Å². The summed E-state index contributed by atoms with van der Waals surface area (Å²) in [5, 5.41) is 0.909. The molecule has 0 radical (unpaired) electrons. The molecule has 1 N–H and O–H groups in total. The van der Waals surface area contributed by atoms with Crippen LogP contribution in [0.1, 0.15) is 31.9 Å². The summed E-state index contributed by atoms with van der Waals surface area (Å²) in [6.45, 7) is 2.08. The lowest BCUT2D eigenvalue weighted by molar-refractivity contribution is 0.201. The van der Waals surface area contributed by atoms with E-state index in [1.54, 1.807) is 11.8 Å². The number of sulfone groups is 1. The van der Waals surface area contributed by atoms with Crippen molar-refractivity contribution in [2.24, 2.45) is 5.41 Å². The van der Waals surface area contributed by atoms with Crippen molar-refractivity contribution in [2.45, 2.75) is 37.8 Å². The van der Waals surface area contributed by atoms with Gasteiger partial charge < -0.3 is 4.98 Å². The standard InChI is InChI=1S/C12H20N2O2S2/c1-3-10-7-13-11(14-10)17-8-12(5-4-6-12)9-18(2,15)16/h7H,3-6,8-9H2,1-2H3,(H,13,14). The monoisotopic (exact) mass is 288 g/mol. The Kier molecular flexibility index (Phi) is 4.06. The molecule has 1 aliphatic rings. The summed E-state index contributed by atoms with van der Waals surface area (Å²) < 4.78 is 22.9. The van der Waals surface area contributed by atoms with Crippen LogP contribution in [0.4, 0.5) is 0 Å². The highest BCUT2D eigenvalue weighted by atomic mass is 32.2. The lowest BCUT2D eigenvalue weighted by Crippen LogP contribution is -2.38. The zero-order valence-electron chi connectivity index (χ0n) is 10.9. The smallest absolute Gasteiger partial charge is 0.165 e. The van der Waals surface area contributed by atoms with Gasteiger partial charge in [-0.25, -0.2) is 13.4 Å². The number of aryl methyl sites for hydroxylation is 1.